The summed E-state index contributed by atoms with van der Waals surface area (Å²) >= 11 is 0. The quantitative estimate of drug-likeness (QED) is 0.465. The molecular formula is C9H12O. The molecule has 0 aromatic heterocycles. The molecule has 0 saturated carbocycles. The number of hydrogen-bond acceptors (Lipinski definition) is 1. The van der Waals surface area contributed by atoms with Crippen molar-refractivity contribution in [3.63, 3.8) is 0 Å². The fourth-order valence-electron chi connectivity index (χ4n) is 1.04. The average Bonchev–Trinajstić information content (AvgIpc) is 2.02. The Hall–Kier alpha value is -0.770. The Kier molecular flexibility index (Phi) is 3.02. The molecule has 0 saturated heterocycles. The fourth-order valence-corrected chi connectivity index (χ4v) is 1.04. The summed E-state index contributed by atoms with van der Waals surface area (Å²) in [5.74, 6) is 6.42. The van der Waals surface area contributed by atoms with Crippen LogP contribution in [0.3, 0.4) is 0 Å². The molecule has 0 fully saturated rings. The van der Waals surface area contributed by atoms with E-state index in [0.717, 1.165) is 32.1 Å². The number of rotatable bonds is 0. The highest BCUT2D eigenvalue weighted by atomic mass is 16.1. The van der Waals surface area contributed by atoms with E-state index in [1.165, 1.54) is 0 Å². The normalized spacial score (nSPS) is 19.8. The van der Waals surface area contributed by atoms with Crippen LogP contribution in [-0.2, 0) is 4.79 Å². The van der Waals surface area contributed by atoms with E-state index in [-0.39, 0.29) is 0 Å². The van der Waals surface area contributed by atoms with Crippen LogP contribution in [0, 0.1) is 11.8 Å². The summed E-state index contributed by atoms with van der Waals surface area (Å²) in [4.78, 5) is 10.9. The van der Waals surface area contributed by atoms with Crippen LogP contribution in [-0.4, -0.2) is 5.78 Å². The van der Waals surface area contributed by atoms with E-state index in [2.05, 4.69) is 11.8 Å². The molecule has 0 aliphatic heterocycles. The lowest BCUT2D eigenvalue weighted by molar-refractivity contribution is -0.119. The van der Waals surface area contributed by atoms with E-state index in [1.54, 1.807) is 0 Å². The summed E-state index contributed by atoms with van der Waals surface area (Å²) < 4.78 is 0. The van der Waals surface area contributed by atoms with E-state index < -0.39 is 0 Å². The van der Waals surface area contributed by atoms with Crippen LogP contribution in [0.1, 0.15) is 38.5 Å². The molecule has 1 heteroatoms. The van der Waals surface area contributed by atoms with Gasteiger partial charge in [0.2, 0.25) is 0 Å². The molecule has 0 radical (unpaired) electrons. The van der Waals surface area contributed by atoms with Crippen molar-refractivity contribution in [3.05, 3.63) is 0 Å². The third kappa shape index (κ3) is 2.68. The predicted octanol–water partition coefficient (Wildman–Crippen LogP) is 1.91. The first-order chi connectivity index (χ1) is 4.89. The Balaban J connectivity index is 2.36. The molecule has 0 bridgehead atoms. The van der Waals surface area contributed by atoms with Crippen molar-refractivity contribution in [3.8, 4) is 11.8 Å². The van der Waals surface area contributed by atoms with E-state index in [0.29, 0.717) is 12.2 Å². The Morgan fingerprint density at radius 1 is 1.00 bits per heavy atom. The number of carbonyl (C=O) groups excluding carboxylic acids is 1. The van der Waals surface area contributed by atoms with E-state index in [9.17, 15) is 4.79 Å². The van der Waals surface area contributed by atoms with Crippen LogP contribution in [0.4, 0.5) is 0 Å². The Labute approximate surface area is 61.8 Å². The maximum absolute atomic E-state index is 10.9. The first-order valence-corrected chi connectivity index (χ1v) is 3.87. The van der Waals surface area contributed by atoms with Gasteiger partial charge in [-0.3, -0.25) is 4.79 Å². The molecule has 0 aromatic rings. The van der Waals surface area contributed by atoms with Gasteiger partial charge in [-0.1, -0.05) is 0 Å². The minimum Gasteiger partial charge on any atom is -0.300 e. The van der Waals surface area contributed by atoms with Crippen molar-refractivity contribution in [2.24, 2.45) is 0 Å². The minimum atomic E-state index is 0.385. The van der Waals surface area contributed by atoms with Crippen molar-refractivity contribution in [2.75, 3.05) is 0 Å². The molecule has 1 aliphatic rings. The van der Waals surface area contributed by atoms with E-state index in [1.807, 2.05) is 0 Å². The maximum Gasteiger partial charge on any atom is 0.133 e. The number of ketones is 1. The highest BCUT2D eigenvalue weighted by molar-refractivity contribution is 5.78. The zero-order chi connectivity index (χ0) is 7.23. The third-order valence-corrected chi connectivity index (χ3v) is 1.66. The van der Waals surface area contributed by atoms with Gasteiger partial charge in [0.05, 0.1) is 0 Å². The van der Waals surface area contributed by atoms with Crippen LogP contribution in [0.2, 0.25) is 0 Å². The molecule has 1 aliphatic carbocycles. The molecule has 0 spiro atoms. The molecule has 0 aromatic carbocycles. The molecule has 1 nitrogen and oxygen atoms in total. The molecule has 0 atom stereocenters. The van der Waals surface area contributed by atoms with Crippen LogP contribution >= 0.6 is 0 Å². The molecule has 54 valence electrons. The first-order valence-electron chi connectivity index (χ1n) is 3.87. The number of carbonyl (C=O) groups is 1. The van der Waals surface area contributed by atoms with Crippen molar-refractivity contribution in [1.29, 1.82) is 0 Å². The zero-order valence-electron chi connectivity index (χ0n) is 6.15. The summed E-state index contributed by atoms with van der Waals surface area (Å²) in [6.45, 7) is 0. The largest absolute Gasteiger partial charge is 0.300 e. The highest BCUT2D eigenvalue weighted by Gasteiger charge is 2.00. The van der Waals surface area contributed by atoms with Crippen molar-refractivity contribution in [1.82, 2.24) is 0 Å². The van der Waals surface area contributed by atoms with Crippen molar-refractivity contribution in [2.45, 2.75) is 38.5 Å². The lowest BCUT2D eigenvalue weighted by Crippen LogP contribution is -1.95. The second-order valence-electron chi connectivity index (χ2n) is 2.60. The molecular weight excluding hydrogens is 124 g/mol. The fraction of sp³-hybridized carbons (Fsp3) is 0.667. The smallest absolute Gasteiger partial charge is 0.133 e. The summed E-state index contributed by atoms with van der Waals surface area (Å²) in [6, 6.07) is 0. The lowest BCUT2D eigenvalue weighted by Gasteiger charge is -1.93. The average molecular weight is 136 g/mol. The number of Topliss-reactive ketones (excluding diaryl/α,β-unsaturated/α-hetero) is 1. The summed E-state index contributed by atoms with van der Waals surface area (Å²) in [7, 11) is 0. The number of hydrogen-bond donors (Lipinski definition) is 0. The van der Waals surface area contributed by atoms with Gasteiger partial charge in [-0.15, -0.1) is 11.8 Å². The highest BCUT2D eigenvalue weighted by Crippen LogP contribution is 2.05. The van der Waals surface area contributed by atoms with Crippen LogP contribution in [0.15, 0.2) is 0 Å². The second-order valence-corrected chi connectivity index (χ2v) is 2.60. The standard InChI is InChI=1S/C9H12O/c10-9-7-5-3-1-2-4-6-8-9/h1,3,5-8H2. The molecule has 0 N–H and O–H groups in total. The van der Waals surface area contributed by atoms with Gasteiger partial charge in [-0.2, -0.15) is 0 Å². The van der Waals surface area contributed by atoms with Gasteiger partial charge >= 0.3 is 0 Å². The van der Waals surface area contributed by atoms with Crippen molar-refractivity contribution < 1.29 is 4.79 Å². The molecule has 1 rings (SSSR count). The van der Waals surface area contributed by atoms with Gasteiger partial charge in [-0.25, -0.2) is 0 Å². The lowest BCUT2D eigenvalue weighted by atomic mass is 10.1. The Morgan fingerprint density at radius 2 is 1.80 bits per heavy atom. The second kappa shape index (κ2) is 4.11. The molecule has 0 unspecified atom stereocenters. The first kappa shape index (κ1) is 7.34. The predicted molar refractivity (Wildman–Crippen MR) is 40.5 cm³/mol. The van der Waals surface area contributed by atoms with Gasteiger partial charge in [0.15, 0.2) is 0 Å². The molecule has 0 heterocycles. The third-order valence-electron chi connectivity index (χ3n) is 1.66. The zero-order valence-corrected chi connectivity index (χ0v) is 6.15. The van der Waals surface area contributed by atoms with Gasteiger partial charge in [-0.05, 0) is 12.8 Å². The summed E-state index contributed by atoms with van der Waals surface area (Å²) in [6.07, 6.45) is 5.33. The molecule has 10 heavy (non-hydrogen) atoms. The SMILES string of the molecule is O=C1CCC#CCCCC1. The van der Waals surface area contributed by atoms with Crippen LogP contribution < -0.4 is 0 Å². The maximum atomic E-state index is 10.9. The van der Waals surface area contributed by atoms with Gasteiger partial charge in [0, 0.05) is 25.7 Å². The van der Waals surface area contributed by atoms with Crippen LogP contribution in [0.5, 0.6) is 0 Å². The van der Waals surface area contributed by atoms with Gasteiger partial charge < -0.3 is 0 Å². The van der Waals surface area contributed by atoms with E-state index >= 15 is 0 Å². The molecule has 0 amide bonds. The van der Waals surface area contributed by atoms with Gasteiger partial charge in [0.1, 0.15) is 5.78 Å². The van der Waals surface area contributed by atoms with Gasteiger partial charge in [0.25, 0.3) is 0 Å². The summed E-state index contributed by atoms with van der Waals surface area (Å²) in [5.41, 5.74) is 0. The summed E-state index contributed by atoms with van der Waals surface area (Å²) in [5, 5.41) is 0. The van der Waals surface area contributed by atoms with Crippen LogP contribution in [0.25, 0.3) is 0 Å². The Morgan fingerprint density at radius 3 is 2.70 bits per heavy atom. The van der Waals surface area contributed by atoms with E-state index in [4.69, 9.17) is 0 Å². The monoisotopic (exact) mass is 136 g/mol. The van der Waals surface area contributed by atoms with Crippen molar-refractivity contribution >= 4 is 5.78 Å². The minimum absolute atomic E-state index is 0.385. The Bertz CT molecular complexity index is 171. The topological polar surface area (TPSA) is 17.1 Å².